The van der Waals surface area contributed by atoms with Crippen molar-refractivity contribution in [3.63, 3.8) is 0 Å². The molecule has 1 aliphatic rings. The quantitative estimate of drug-likeness (QED) is 0.908. The molecule has 25 heavy (non-hydrogen) atoms. The number of benzene rings is 1. The van der Waals surface area contributed by atoms with Crippen molar-refractivity contribution in [1.29, 1.82) is 0 Å². The fourth-order valence-corrected chi connectivity index (χ4v) is 3.50. The SMILES string of the molecule is C[C@@H]1CCCN(C(=O)NCCc2nccn2Cc2ccccc2)[C@H]1C. The van der Waals surface area contributed by atoms with Crippen LogP contribution in [0.3, 0.4) is 0 Å². The van der Waals surface area contributed by atoms with E-state index in [-0.39, 0.29) is 6.03 Å². The Labute approximate surface area is 150 Å². The van der Waals surface area contributed by atoms with E-state index >= 15 is 0 Å². The lowest BCUT2D eigenvalue weighted by Gasteiger charge is -2.37. The zero-order chi connectivity index (χ0) is 17.6. The summed E-state index contributed by atoms with van der Waals surface area (Å²) in [6.45, 7) is 6.66. The molecule has 0 aliphatic carbocycles. The van der Waals surface area contributed by atoms with Crippen molar-refractivity contribution in [2.24, 2.45) is 5.92 Å². The summed E-state index contributed by atoms with van der Waals surface area (Å²) in [4.78, 5) is 18.9. The molecule has 2 aromatic rings. The molecule has 1 fully saturated rings. The number of piperidine rings is 1. The van der Waals surface area contributed by atoms with Crippen LogP contribution in [0.15, 0.2) is 42.7 Å². The fraction of sp³-hybridized carbons (Fsp3) is 0.500. The summed E-state index contributed by atoms with van der Waals surface area (Å²) in [7, 11) is 0. The fourth-order valence-electron chi connectivity index (χ4n) is 3.50. The van der Waals surface area contributed by atoms with E-state index in [4.69, 9.17) is 0 Å². The van der Waals surface area contributed by atoms with Crippen molar-refractivity contribution < 1.29 is 4.79 Å². The van der Waals surface area contributed by atoms with Crippen LogP contribution in [0, 0.1) is 5.92 Å². The van der Waals surface area contributed by atoms with E-state index in [1.54, 1.807) is 0 Å². The van der Waals surface area contributed by atoms with Crippen molar-refractivity contribution in [2.75, 3.05) is 13.1 Å². The van der Waals surface area contributed by atoms with Crippen LogP contribution in [-0.4, -0.2) is 39.6 Å². The van der Waals surface area contributed by atoms with Crippen LogP contribution >= 0.6 is 0 Å². The van der Waals surface area contributed by atoms with Gasteiger partial charge in [-0.05, 0) is 31.2 Å². The molecule has 2 amide bonds. The number of aromatic nitrogens is 2. The molecule has 1 saturated heterocycles. The van der Waals surface area contributed by atoms with Crippen molar-refractivity contribution in [1.82, 2.24) is 19.8 Å². The Hall–Kier alpha value is -2.30. The van der Waals surface area contributed by atoms with Gasteiger partial charge in [-0.3, -0.25) is 0 Å². The molecule has 0 radical (unpaired) electrons. The van der Waals surface area contributed by atoms with E-state index in [9.17, 15) is 4.79 Å². The number of nitrogens with zero attached hydrogens (tertiary/aromatic N) is 3. The molecule has 5 heteroatoms. The van der Waals surface area contributed by atoms with Gasteiger partial charge in [0, 0.05) is 44.5 Å². The van der Waals surface area contributed by atoms with Crippen molar-refractivity contribution in [2.45, 2.75) is 45.7 Å². The average molecular weight is 340 g/mol. The second kappa shape index (κ2) is 8.19. The third kappa shape index (κ3) is 4.41. The molecule has 2 heterocycles. The lowest BCUT2D eigenvalue weighted by Crippen LogP contribution is -2.50. The first kappa shape index (κ1) is 17.5. The minimum Gasteiger partial charge on any atom is -0.338 e. The molecular weight excluding hydrogens is 312 g/mol. The monoisotopic (exact) mass is 340 g/mol. The van der Waals surface area contributed by atoms with Crippen molar-refractivity contribution in [3.05, 3.63) is 54.1 Å². The number of amides is 2. The molecule has 1 aromatic carbocycles. The van der Waals surface area contributed by atoms with Gasteiger partial charge in [-0.15, -0.1) is 0 Å². The van der Waals surface area contributed by atoms with Crippen molar-refractivity contribution in [3.8, 4) is 0 Å². The summed E-state index contributed by atoms with van der Waals surface area (Å²) in [6.07, 6.45) is 6.87. The highest BCUT2D eigenvalue weighted by molar-refractivity contribution is 5.74. The zero-order valence-corrected chi connectivity index (χ0v) is 15.2. The Morgan fingerprint density at radius 1 is 1.28 bits per heavy atom. The highest BCUT2D eigenvalue weighted by Crippen LogP contribution is 2.22. The predicted molar refractivity (Wildman–Crippen MR) is 99.4 cm³/mol. The maximum atomic E-state index is 12.4. The highest BCUT2D eigenvalue weighted by atomic mass is 16.2. The van der Waals surface area contributed by atoms with Gasteiger partial charge in [0.05, 0.1) is 0 Å². The topological polar surface area (TPSA) is 50.2 Å². The molecule has 1 aromatic heterocycles. The average Bonchev–Trinajstić information content (AvgIpc) is 3.05. The first-order valence-electron chi connectivity index (χ1n) is 9.23. The zero-order valence-electron chi connectivity index (χ0n) is 15.2. The van der Waals surface area contributed by atoms with Crippen LogP contribution in [0.4, 0.5) is 4.79 Å². The number of likely N-dealkylation sites (tertiary alicyclic amines) is 1. The molecule has 0 spiro atoms. The second-order valence-electron chi connectivity index (χ2n) is 6.99. The highest BCUT2D eigenvalue weighted by Gasteiger charge is 2.28. The predicted octanol–water partition coefficient (Wildman–Crippen LogP) is 3.30. The molecular formula is C20H28N4O. The Balaban J connectivity index is 1.51. The van der Waals surface area contributed by atoms with E-state index < -0.39 is 0 Å². The lowest BCUT2D eigenvalue weighted by molar-refractivity contribution is 0.129. The van der Waals surface area contributed by atoms with Crippen LogP contribution in [0.25, 0.3) is 0 Å². The molecule has 1 aliphatic heterocycles. The Kier molecular flexibility index (Phi) is 5.74. The van der Waals surface area contributed by atoms with Crippen molar-refractivity contribution >= 4 is 6.03 Å². The standard InChI is InChI=1S/C20H28N4O/c1-16-7-6-13-24(17(16)2)20(25)22-11-10-19-21-12-14-23(19)15-18-8-4-3-5-9-18/h3-5,8-9,12,14,16-17H,6-7,10-11,13,15H2,1-2H3,(H,22,25)/t16-,17+/m1/s1. The summed E-state index contributed by atoms with van der Waals surface area (Å²) in [6, 6.07) is 10.7. The van der Waals surface area contributed by atoms with Gasteiger partial charge in [0.2, 0.25) is 0 Å². The maximum absolute atomic E-state index is 12.4. The van der Waals surface area contributed by atoms with E-state index in [1.165, 1.54) is 12.0 Å². The number of carbonyl (C=O) groups excluding carboxylic acids is 1. The number of carbonyl (C=O) groups is 1. The van der Waals surface area contributed by atoms with E-state index in [1.807, 2.05) is 35.5 Å². The van der Waals surface area contributed by atoms with E-state index in [0.717, 1.165) is 31.8 Å². The summed E-state index contributed by atoms with van der Waals surface area (Å²) in [5.74, 6) is 1.58. The summed E-state index contributed by atoms with van der Waals surface area (Å²) >= 11 is 0. The second-order valence-corrected chi connectivity index (χ2v) is 6.99. The first-order valence-corrected chi connectivity index (χ1v) is 9.23. The number of rotatable bonds is 5. The number of nitrogens with one attached hydrogen (secondary N) is 1. The molecule has 2 atom stereocenters. The van der Waals surface area contributed by atoms with Gasteiger partial charge in [0.15, 0.2) is 0 Å². The van der Waals surface area contributed by atoms with Gasteiger partial charge in [0.1, 0.15) is 5.82 Å². The smallest absolute Gasteiger partial charge is 0.317 e. The molecule has 0 unspecified atom stereocenters. The van der Waals surface area contributed by atoms with Crippen LogP contribution < -0.4 is 5.32 Å². The van der Waals surface area contributed by atoms with Crippen LogP contribution in [0.1, 0.15) is 38.1 Å². The minimum atomic E-state index is 0.0558. The van der Waals surface area contributed by atoms with Gasteiger partial charge < -0.3 is 14.8 Å². The van der Waals surface area contributed by atoms with Gasteiger partial charge in [-0.25, -0.2) is 9.78 Å². The molecule has 0 bridgehead atoms. The summed E-state index contributed by atoms with van der Waals surface area (Å²) in [5.41, 5.74) is 1.25. The number of hydrogen-bond acceptors (Lipinski definition) is 2. The number of hydrogen-bond donors (Lipinski definition) is 1. The van der Waals surface area contributed by atoms with Gasteiger partial charge in [-0.1, -0.05) is 37.3 Å². The molecule has 134 valence electrons. The number of urea groups is 1. The Morgan fingerprint density at radius 2 is 2.08 bits per heavy atom. The third-order valence-corrected chi connectivity index (χ3v) is 5.26. The van der Waals surface area contributed by atoms with Gasteiger partial charge in [-0.2, -0.15) is 0 Å². The molecule has 5 nitrogen and oxygen atoms in total. The lowest BCUT2D eigenvalue weighted by atomic mass is 9.92. The largest absolute Gasteiger partial charge is 0.338 e. The molecule has 3 rings (SSSR count). The van der Waals surface area contributed by atoms with E-state index in [2.05, 4.69) is 40.8 Å². The van der Waals surface area contributed by atoms with E-state index in [0.29, 0.717) is 18.5 Å². The van der Waals surface area contributed by atoms with Gasteiger partial charge in [0.25, 0.3) is 0 Å². The van der Waals surface area contributed by atoms with Crippen LogP contribution in [0.2, 0.25) is 0 Å². The van der Waals surface area contributed by atoms with Gasteiger partial charge >= 0.3 is 6.03 Å². The van der Waals surface area contributed by atoms with Crippen LogP contribution in [0.5, 0.6) is 0 Å². The first-order chi connectivity index (χ1) is 12.1. The molecule has 1 N–H and O–H groups in total. The number of imidazole rings is 1. The normalized spacial score (nSPS) is 20.5. The molecule has 0 saturated carbocycles. The summed E-state index contributed by atoms with van der Waals surface area (Å²) < 4.78 is 2.15. The Morgan fingerprint density at radius 3 is 2.88 bits per heavy atom. The Bertz CT molecular complexity index is 682. The maximum Gasteiger partial charge on any atom is 0.317 e. The van der Waals surface area contributed by atoms with Crippen LogP contribution in [-0.2, 0) is 13.0 Å². The minimum absolute atomic E-state index is 0.0558. The third-order valence-electron chi connectivity index (χ3n) is 5.26. The summed E-state index contributed by atoms with van der Waals surface area (Å²) in [5, 5.41) is 3.07.